The first kappa shape index (κ1) is 29.0. The Morgan fingerprint density at radius 3 is 2.02 bits per heavy atom. The van der Waals surface area contributed by atoms with Crippen molar-refractivity contribution in [2.45, 2.75) is 24.8 Å². The third kappa shape index (κ3) is 8.01. The van der Waals surface area contributed by atoms with Crippen LogP contribution >= 0.6 is 0 Å². The molecule has 4 aromatic rings. The van der Waals surface area contributed by atoms with E-state index in [1.165, 1.54) is 11.1 Å². The molecule has 0 heterocycles. The molecule has 0 bridgehead atoms. The summed E-state index contributed by atoms with van der Waals surface area (Å²) in [6.45, 7) is 2.35. The molecule has 40 heavy (non-hydrogen) atoms. The number of fused-ring (bicyclic) bond motifs is 1. The van der Waals surface area contributed by atoms with Gasteiger partial charge in [0.1, 0.15) is 0 Å². The molecule has 0 aliphatic heterocycles. The van der Waals surface area contributed by atoms with Crippen molar-refractivity contribution in [1.82, 2.24) is 20.9 Å². The molecule has 0 radical (unpaired) electrons. The Morgan fingerprint density at radius 2 is 1.38 bits per heavy atom. The molecule has 0 saturated carbocycles. The number of benzene rings is 4. The van der Waals surface area contributed by atoms with E-state index in [4.69, 9.17) is 0 Å². The second-order valence-corrected chi connectivity index (χ2v) is 10.2. The Morgan fingerprint density at radius 1 is 0.750 bits per heavy atom. The lowest BCUT2D eigenvalue weighted by molar-refractivity contribution is -0.132. The summed E-state index contributed by atoms with van der Waals surface area (Å²) in [5, 5.41) is 11.7. The molecule has 3 N–H and O–H groups in total. The first-order valence-corrected chi connectivity index (χ1v) is 14.1. The maximum Gasteiger partial charge on any atom is 0.251 e. The number of amides is 2. The van der Waals surface area contributed by atoms with E-state index in [9.17, 15) is 9.59 Å². The molecule has 4 rings (SSSR count). The number of nitrogens with one attached hydrogen (secondary N) is 3. The molecular formula is C34H40N4O2. The fourth-order valence-electron chi connectivity index (χ4n) is 5.05. The summed E-state index contributed by atoms with van der Waals surface area (Å²) < 4.78 is 0. The minimum Gasteiger partial charge on any atom is -0.351 e. The molecule has 0 saturated heterocycles. The molecule has 208 valence electrons. The standard InChI is InChI=1S/C34H40N4O2/c1-35-21-11-18-32(36-22-23-37-33(39)30-20-19-26-12-9-10-17-29(26)24-30)34(40)38(2)25-31(27-13-5-3-6-14-27)28-15-7-4-8-16-28/h3-10,12-17,19-20,24,31-32,35-36H,11,18,21-23,25H2,1-2H3,(H,37,39)/t32-/m0/s1. The van der Waals surface area contributed by atoms with Crippen molar-refractivity contribution in [1.29, 1.82) is 0 Å². The Kier molecular flexibility index (Phi) is 10.8. The predicted molar refractivity (Wildman–Crippen MR) is 164 cm³/mol. The molecular weight excluding hydrogens is 496 g/mol. The average Bonchev–Trinajstić information content (AvgIpc) is 3.01. The summed E-state index contributed by atoms with van der Waals surface area (Å²) in [6.07, 6.45) is 1.59. The molecule has 0 aromatic heterocycles. The van der Waals surface area contributed by atoms with Gasteiger partial charge < -0.3 is 20.9 Å². The second-order valence-electron chi connectivity index (χ2n) is 10.2. The highest BCUT2D eigenvalue weighted by molar-refractivity contribution is 5.98. The zero-order valence-corrected chi connectivity index (χ0v) is 23.5. The summed E-state index contributed by atoms with van der Waals surface area (Å²) in [6, 6.07) is 34.1. The van der Waals surface area contributed by atoms with Crippen LogP contribution in [0.2, 0.25) is 0 Å². The third-order valence-electron chi connectivity index (χ3n) is 7.27. The molecule has 6 heteroatoms. The second kappa shape index (κ2) is 15.0. The predicted octanol–water partition coefficient (Wildman–Crippen LogP) is 4.82. The lowest BCUT2D eigenvalue weighted by atomic mass is 9.90. The van der Waals surface area contributed by atoms with Gasteiger partial charge in [-0.2, -0.15) is 0 Å². The average molecular weight is 537 g/mol. The van der Waals surface area contributed by atoms with Gasteiger partial charge in [-0.05, 0) is 60.5 Å². The molecule has 6 nitrogen and oxygen atoms in total. The molecule has 1 atom stereocenters. The van der Waals surface area contributed by atoms with E-state index >= 15 is 0 Å². The maximum atomic E-state index is 13.7. The van der Waals surface area contributed by atoms with Gasteiger partial charge in [0.25, 0.3) is 5.91 Å². The van der Waals surface area contributed by atoms with E-state index in [0.29, 0.717) is 31.6 Å². The van der Waals surface area contributed by atoms with Crippen LogP contribution in [-0.4, -0.2) is 63.0 Å². The van der Waals surface area contributed by atoms with Crippen molar-refractivity contribution in [3.63, 3.8) is 0 Å². The van der Waals surface area contributed by atoms with E-state index in [0.717, 1.165) is 23.7 Å². The van der Waals surface area contributed by atoms with E-state index in [-0.39, 0.29) is 23.8 Å². The van der Waals surface area contributed by atoms with Crippen molar-refractivity contribution in [2.75, 3.05) is 40.3 Å². The highest BCUT2D eigenvalue weighted by Crippen LogP contribution is 2.25. The van der Waals surface area contributed by atoms with E-state index < -0.39 is 0 Å². The number of hydrogen-bond acceptors (Lipinski definition) is 4. The van der Waals surface area contributed by atoms with Crippen molar-refractivity contribution < 1.29 is 9.59 Å². The monoisotopic (exact) mass is 536 g/mol. The van der Waals surface area contributed by atoms with Crippen molar-refractivity contribution in [2.24, 2.45) is 0 Å². The van der Waals surface area contributed by atoms with Gasteiger partial charge in [-0.3, -0.25) is 9.59 Å². The van der Waals surface area contributed by atoms with Gasteiger partial charge in [0, 0.05) is 38.2 Å². The highest BCUT2D eigenvalue weighted by Gasteiger charge is 2.25. The van der Waals surface area contributed by atoms with Gasteiger partial charge in [-0.25, -0.2) is 0 Å². The SMILES string of the molecule is CNCCC[C@H](NCCNC(=O)c1ccc2ccccc2c1)C(=O)N(C)CC(c1ccccc1)c1ccccc1. The first-order valence-electron chi connectivity index (χ1n) is 14.1. The molecule has 2 amide bonds. The van der Waals surface area contributed by atoms with Crippen LogP contribution < -0.4 is 16.0 Å². The minimum absolute atomic E-state index is 0.0637. The number of likely N-dealkylation sites (N-methyl/N-ethyl adjacent to an activating group) is 1. The van der Waals surface area contributed by atoms with Crippen LogP contribution in [0.4, 0.5) is 0 Å². The Hall–Kier alpha value is -4.00. The summed E-state index contributed by atoms with van der Waals surface area (Å²) in [5.41, 5.74) is 3.00. The highest BCUT2D eigenvalue weighted by atomic mass is 16.2. The third-order valence-corrected chi connectivity index (χ3v) is 7.27. The summed E-state index contributed by atoms with van der Waals surface area (Å²) >= 11 is 0. The Labute approximate surface area is 237 Å². The van der Waals surface area contributed by atoms with Gasteiger partial charge in [0.05, 0.1) is 6.04 Å². The maximum absolute atomic E-state index is 13.7. The van der Waals surface area contributed by atoms with E-state index in [1.807, 2.05) is 97.9 Å². The Bertz CT molecular complexity index is 1320. The fourth-order valence-corrected chi connectivity index (χ4v) is 5.05. The Balaban J connectivity index is 1.36. The fraction of sp³-hybridized carbons (Fsp3) is 0.294. The minimum atomic E-state index is -0.330. The molecule has 0 unspecified atom stereocenters. The first-order chi connectivity index (χ1) is 19.6. The normalized spacial score (nSPS) is 11.9. The van der Waals surface area contributed by atoms with E-state index in [2.05, 4.69) is 40.2 Å². The number of rotatable bonds is 14. The summed E-state index contributed by atoms with van der Waals surface area (Å²) in [4.78, 5) is 28.3. The lowest BCUT2D eigenvalue weighted by Crippen LogP contribution is -2.48. The molecule has 0 fully saturated rings. The topological polar surface area (TPSA) is 73.5 Å². The van der Waals surface area contributed by atoms with Crippen molar-refractivity contribution in [3.8, 4) is 0 Å². The number of hydrogen-bond donors (Lipinski definition) is 3. The van der Waals surface area contributed by atoms with Crippen LogP contribution in [0, 0.1) is 0 Å². The zero-order chi connectivity index (χ0) is 28.2. The van der Waals surface area contributed by atoms with Crippen LogP contribution in [0.25, 0.3) is 10.8 Å². The quantitative estimate of drug-likeness (QED) is 0.202. The van der Waals surface area contributed by atoms with E-state index in [1.54, 1.807) is 0 Å². The summed E-state index contributed by atoms with van der Waals surface area (Å²) in [7, 11) is 3.80. The van der Waals surface area contributed by atoms with Crippen LogP contribution in [-0.2, 0) is 4.79 Å². The van der Waals surface area contributed by atoms with Crippen LogP contribution in [0.3, 0.4) is 0 Å². The zero-order valence-electron chi connectivity index (χ0n) is 23.5. The van der Waals surface area contributed by atoms with Crippen molar-refractivity contribution >= 4 is 22.6 Å². The molecule has 4 aromatic carbocycles. The number of nitrogens with zero attached hydrogens (tertiary/aromatic N) is 1. The van der Waals surface area contributed by atoms with Crippen LogP contribution in [0.5, 0.6) is 0 Å². The largest absolute Gasteiger partial charge is 0.351 e. The van der Waals surface area contributed by atoms with Gasteiger partial charge in [0.2, 0.25) is 5.91 Å². The molecule has 0 spiro atoms. The lowest BCUT2D eigenvalue weighted by Gasteiger charge is -2.29. The van der Waals surface area contributed by atoms with Gasteiger partial charge in [-0.1, -0.05) is 91.0 Å². The molecule has 0 aliphatic carbocycles. The van der Waals surface area contributed by atoms with Gasteiger partial charge in [0.15, 0.2) is 0 Å². The summed E-state index contributed by atoms with van der Waals surface area (Å²) in [5.74, 6) is 0.0284. The van der Waals surface area contributed by atoms with Crippen LogP contribution in [0.15, 0.2) is 103 Å². The molecule has 0 aliphatic rings. The number of carbonyl (C=O) groups is 2. The van der Waals surface area contributed by atoms with Gasteiger partial charge >= 0.3 is 0 Å². The van der Waals surface area contributed by atoms with Crippen LogP contribution in [0.1, 0.15) is 40.2 Å². The smallest absolute Gasteiger partial charge is 0.251 e. The number of carbonyl (C=O) groups excluding carboxylic acids is 2. The van der Waals surface area contributed by atoms with Gasteiger partial charge in [-0.15, -0.1) is 0 Å². The van der Waals surface area contributed by atoms with Crippen molar-refractivity contribution in [3.05, 3.63) is 120 Å².